The summed E-state index contributed by atoms with van der Waals surface area (Å²) >= 11 is 5.84. The molecule has 3 rings (SSSR count). The molecule has 1 aliphatic heterocycles. The summed E-state index contributed by atoms with van der Waals surface area (Å²) < 4.78 is 43.5. The molecule has 1 heterocycles. The van der Waals surface area contributed by atoms with E-state index in [0.29, 0.717) is 6.07 Å². The molecule has 6 nitrogen and oxygen atoms in total. The molecule has 2 aromatic carbocycles. The van der Waals surface area contributed by atoms with Gasteiger partial charge >= 0.3 is 12.1 Å². The second-order valence-corrected chi connectivity index (χ2v) is 7.79. The first-order valence-corrected chi connectivity index (χ1v) is 10.1. The molecule has 1 N–H and O–H groups in total. The Morgan fingerprint density at radius 1 is 1.22 bits per heavy atom. The van der Waals surface area contributed by atoms with Crippen LogP contribution in [0.5, 0.6) is 0 Å². The summed E-state index contributed by atoms with van der Waals surface area (Å²) in [5.41, 5.74) is -0.306. The number of esters is 1. The largest absolute Gasteiger partial charge is 0.455 e. The van der Waals surface area contributed by atoms with Gasteiger partial charge in [0.25, 0.3) is 5.91 Å². The third kappa shape index (κ3) is 5.59. The van der Waals surface area contributed by atoms with Crippen molar-refractivity contribution in [2.75, 3.05) is 18.5 Å². The van der Waals surface area contributed by atoms with Gasteiger partial charge in [-0.1, -0.05) is 41.9 Å². The average molecular weight is 469 g/mol. The van der Waals surface area contributed by atoms with E-state index in [-0.39, 0.29) is 35.6 Å². The minimum Gasteiger partial charge on any atom is -0.455 e. The molecule has 0 bridgehead atoms. The number of benzene rings is 2. The molecule has 10 heteroatoms. The van der Waals surface area contributed by atoms with Gasteiger partial charge < -0.3 is 15.0 Å². The van der Waals surface area contributed by atoms with Crippen LogP contribution >= 0.6 is 11.6 Å². The number of anilines is 1. The first-order chi connectivity index (χ1) is 15.1. The highest BCUT2D eigenvalue weighted by atomic mass is 35.5. The molecule has 1 fully saturated rings. The van der Waals surface area contributed by atoms with E-state index in [9.17, 15) is 27.6 Å². The molecule has 1 aliphatic rings. The highest BCUT2D eigenvalue weighted by molar-refractivity contribution is 6.33. The van der Waals surface area contributed by atoms with E-state index in [1.165, 1.54) is 0 Å². The molecule has 2 aromatic rings. The maximum atomic E-state index is 12.8. The number of nitrogens with one attached hydrogen (secondary N) is 1. The van der Waals surface area contributed by atoms with Crippen LogP contribution in [0.4, 0.5) is 18.9 Å². The Bertz CT molecular complexity index is 1010. The van der Waals surface area contributed by atoms with Crippen LogP contribution in [0.25, 0.3) is 0 Å². The monoisotopic (exact) mass is 468 g/mol. The number of carbonyl (C=O) groups excluding carboxylic acids is 3. The van der Waals surface area contributed by atoms with E-state index in [2.05, 4.69) is 5.32 Å². The van der Waals surface area contributed by atoms with Crippen molar-refractivity contribution in [2.24, 2.45) is 5.92 Å². The van der Waals surface area contributed by atoms with Crippen molar-refractivity contribution in [1.82, 2.24) is 4.90 Å². The summed E-state index contributed by atoms with van der Waals surface area (Å²) in [6, 6.07) is 11.6. The Morgan fingerprint density at radius 3 is 2.56 bits per heavy atom. The Labute approximate surface area is 187 Å². The molecule has 0 spiro atoms. The number of likely N-dealkylation sites (tertiary alicyclic amines) is 1. The molecule has 32 heavy (non-hydrogen) atoms. The molecule has 0 saturated carbocycles. The number of hydrogen-bond donors (Lipinski definition) is 1. The number of carbonyl (C=O) groups is 3. The summed E-state index contributed by atoms with van der Waals surface area (Å²) in [7, 11) is 0. The van der Waals surface area contributed by atoms with Gasteiger partial charge in [0.15, 0.2) is 6.61 Å². The molecule has 2 amide bonds. The van der Waals surface area contributed by atoms with Gasteiger partial charge in [0.05, 0.1) is 28.2 Å². The van der Waals surface area contributed by atoms with Gasteiger partial charge in [-0.2, -0.15) is 13.2 Å². The average Bonchev–Trinajstić information content (AvgIpc) is 3.14. The van der Waals surface area contributed by atoms with Gasteiger partial charge in [-0.05, 0) is 30.7 Å². The van der Waals surface area contributed by atoms with E-state index < -0.39 is 36.1 Å². The van der Waals surface area contributed by atoms with E-state index >= 15 is 0 Å². The Morgan fingerprint density at radius 2 is 1.91 bits per heavy atom. The van der Waals surface area contributed by atoms with Crippen molar-refractivity contribution < 1.29 is 32.3 Å². The number of alkyl halides is 3. The van der Waals surface area contributed by atoms with Gasteiger partial charge in [-0.3, -0.25) is 14.4 Å². The molecule has 0 aliphatic carbocycles. The van der Waals surface area contributed by atoms with E-state index in [4.69, 9.17) is 16.3 Å². The fourth-order valence-corrected chi connectivity index (χ4v) is 3.58. The number of rotatable bonds is 6. The molecule has 170 valence electrons. The predicted molar refractivity (Wildman–Crippen MR) is 111 cm³/mol. The van der Waals surface area contributed by atoms with E-state index in [1.807, 2.05) is 37.3 Å². The summed E-state index contributed by atoms with van der Waals surface area (Å²) in [6.07, 6.45) is -4.65. The van der Waals surface area contributed by atoms with Crippen molar-refractivity contribution in [3.05, 3.63) is 64.7 Å². The second-order valence-electron chi connectivity index (χ2n) is 7.38. The first kappa shape index (κ1) is 23.6. The summed E-state index contributed by atoms with van der Waals surface area (Å²) in [6.45, 7) is 1.28. The van der Waals surface area contributed by atoms with E-state index in [0.717, 1.165) is 17.7 Å². The number of ether oxygens (including phenoxy) is 1. The lowest BCUT2D eigenvalue weighted by molar-refractivity contribution is -0.151. The molecular weight excluding hydrogens is 449 g/mol. The van der Waals surface area contributed by atoms with Crippen molar-refractivity contribution in [3.63, 3.8) is 0 Å². The highest BCUT2D eigenvalue weighted by Crippen LogP contribution is 2.34. The molecular formula is C22H20ClF3N2O4. The Balaban J connectivity index is 1.55. The van der Waals surface area contributed by atoms with Gasteiger partial charge in [0.1, 0.15) is 0 Å². The lowest BCUT2D eigenvalue weighted by Gasteiger charge is -2.25. The maximum Gasteiger partial charge on any atom is 0.416 e. The Hall–Kier alpha value is -3.07. The molecule has 2 atom stereocenters. The minimum atomic E-state index is -4.60. The van der Waals surface area contributed by atoms with Gasteiger partial charge in [0.2, 0.25) is 5.91 Å². The van der Waals surface area contributed by atoms with Crippen LogP contribution in [0.2, 0.25) is 5.02 Å². The number of halogens is 4. The van der Waals surface area contributed by atoms with Crippen LogP contribution in [-0.4, -0.2) is 35.8 Å². The van der Waals surface area contributed by atoms with Gasteiger partial charge in [-0.15, -0.1) is 0 Å². The zero-order chi connectivity index (χ0) is 23.5. The van der Waals surface area contributed by atoms with Crippen molar-refractivity contribution in [2.45, 2.75) is 25.6 Å². The van der Waals surface area contributed by atoms with Crippen LogP contribution in [0.1, 0.15) is 30.5 Å². The fraction of sp³-hybridized carbons (Fsp3) is 0.318. The number of amides is 2. The van der Waals surface area contributed by atoms with Crippen LogP contribution in [-0.2, 0) is 25.3 Å². The molecule has 0 aromatic heterocycles. The number of hydrogen-bond acceptors (Lipinski definition) is 4. The maximum absolute atomic E-state index is 12.8. The van der Waals surface area contributed by atoms with Crippen LogP contribution in [0.3, 0.4) is 0 Å². The smallest absolute Gasteiger partial charge is 0.416 e. The predicted octanol–water partition coefficient (Wildman–Crippen LogP) is 4.45. The van der Waals surface area contributed by atoms with Crippen LogP contribution < -0.4 is 5.32 Å². The van der Waals surface area contributed by atoms with Gasteiger partial charge in [-0.25, -0.2) is 0 Å². The third-order valence-electron chi connectivity index (χ3n) is 5.15. The van der Waals surface area contributed by atoms with Gasteiger partial charge in [0, 0.05) is 13.0 Å². The van der Waals surface area contributed by atoms with Crippen molar-refractivity contribution in [1.29, 1.82) is 0 Å². The summed E-state index contributed by atoms with van der Waals surface area (Å²) in [5, 5.41) is 2.11. The Kier molecular flexibility index (Phi) is 7.08. The lowest BCUT2D eigenvalue weighted by atomic mass is 10.1. The van der Waals surface area contributed by atoms with Crippen molar-refractivity contribution in [3.8, 4) is 0 Å². The summed E-state index contributed by atoms with van der Waals surface area (Å²) in [4.78, 5) is 38.3. The van der Waals surface area contributed by atoms with Crippen molar-refractivity contribution >= 4 is 35.1 Å². The van der Waals surface area contributed by atoms with E-state index in [1.54, 1.807) is 4.90 Å². The zero-order valence-electron chi connectivity index (χ0n) is 17.0. The SMILES string of the molecule is C[C@H](c1ccccc1)N1C[C@@H](C(=O)OCC(=O)Nc2cc(C(F)(F)F)ccc2Cl)CC1=O. The fourth-order valence-electron chi connectivity index (χ4n) is 3.41. The normalized spacial score (nSPS) is 17.2. The number of nitrogens with zero attached hydrogens (tertiary/aromatic N) is 1. The zero-order valence-corrected chi connectivity index (χ0v) is 17.7. The molecule has 0 unspecified atom stereocenters. The van der Waals surface area contributed by atoms with Crippen LogP contribution in [0, 0.1) is 5.92 Å². The van der Waals surface area contributed by atoms with Crippen LogP contribution in [0.15, 0.2) is 48.5 Å². The lowest BCUT2D eigenvalue weighted by Crippen LogP contribution is -2.30. The standard InChI is InChI=1S/C22H20ClF3N2O4/c1-13(14-5-3-2-4-6-14)28-11-15(9-20(28)30)21(31)32-12-19(29)27-18-10-16(22(24,25)26)7-8-17(18)23/h2-8,10,13,15H,9,11-12H2,1H3,(H,27,29)/t13-,15+/m1/s1. The highest BCUT2D eigenvalue weighted by Gasteiger charge is 2.38. The topological polar surface area (TPSA) is 75.7 Å². The minimum absolute atomic E-state index is 0.0446. The molecule has 1 saturated heterocycles. The first-order valence-electron chi connectivity index (χ1n) is 9.74. The third-order valence-corrected chi connectivity index (χ3v) is 5.48. The molecule has 0 radical (unpaired) electrons. The second kappa shape index (κ2) is 9.60. The quantitative estimate of drug-likeness (QED) is 0.635. The summed E-state index contributed by atoms with van der Waals surface area (Å²) in [5.74, 6) is -2.52.